The molecule has 0 unspecified atom stereocenters. The van der Waals surface area contributed by atoms with Gasteiger partial charge in [0.25, 0.3) is 5.89 Å². The summed E-state index contributed by atoms with van der Waals surface area (Å²) in [5, 5.41) is 6.87. The van der Waals surface area contributed by atoms with E-state index in [-0.39, 0.29) is 6.03 Å². The van der Waals surface area contributed by atoms with Crippen LogP contribution in [0.2, 0.25) is 0 Å². The summed E-state index contributed by atoms with van der Waals surface area (Å²) in [6.45, 7) is 4.91. The van der Waals surface area contributed by atoms with Crippen molar-refractivity contribution >= 4 is 11.7 Å². The van der Waals surface area contributed by atoms with Crippen molar-refractivity contribution in [3.8, 4) is 17.2 Å². The van der Waals surface area contributed by atoms with Crippen LogP contribution in [0, 0.1) is 6.92 Å². The maximum atomic E-state index is 12.4. The summed E-state index contributed by atoms with van der Waals surface area (Å²) in [5.41, 5.74) is 2.69. The predicted octanol–water partition coefficient (Wildman–Crippen LogP) is 4.15. The number of amides is 2. The van der Waals surface area contributed by atoms with Crippen LogP contribution in [-0.4, -0.2) is 41.3 Å². The van der Waals surface area contributed by atoms with E-state index < -0.39 is 0 Å². The molecule has 3 rings (SSSR count). The Morgan fingerprint density at radius 2 is 1.93 bits per heavy atom. The van der Waals surface area contributed by atoms with Crippen LogP contribution < -0.4 is 10.1 Å². The molecule has 7 heteroatoms. The number of hydrogen-bond donors (Lipinski definition) is 1. The summed E-state index contributed by atoms with van der Waals surface area (Å²) in [7, 11) is 1.72. The van der Waals surface area contributed by atoms with Crippen molar-refractivity contribution in [1.82, 2.24) is 15.0 Å². The molecule has 1 heterocycles. The molecule has 1 aromatic heterocycles. The molecule has 146 valence electrons. The first-order valence-corrected chi connectivity index (χ1v) is 9.20. The number of nitrogens with zero attached hydrogens (tertiary/aromatic N) is 3. The summed E-state index contributed by atoms with van der Waals surface area (Å²) in [6, 6.07) is 15.0. The number of urea groups is 1. The predicted molar refractivity (Wildman–Crippen MR) is 107 cm³/mol. The minimum Gasteiger partial charge on any atom is -0.492 e. The minimum absolute atomic E-state index is 0.227. The molecular weight excluding hydrogens is 356 g/mol. The van der Waals surface area contributed by atoms with Gasteiger partial charge >= 0.3 is 6.03 Å². The van der Waals surface area contributed by atoms with Gasteiger partial charge in [-0.1, -0.05) is 35.0 Å². The lowest BCUT2D eigenvalue weighted by Crippen LogP contribution is -2.33. The number of ether oxygens (including phenoxy) is 1. The Labute approximate surface area is 164 Å². The molecule has 2 amide bonds. The highest BCUT2D eigenvalue weighted by Gasteiger charge is 2.14. The Bertz CT molecular complexity index is 921. The van der Waals surface area contributed by atoms with E-state index in [2.05, 4.69) is 15.5 Å². The fourth-order valence-electron chi connectivity index (χ4n) is 2.60. The Hall–Kier alpha value is -3.35. The zero-order chi connectivity index (χ0) is 19.9. The van der Waals surface area contributed by atoms with Gasteiger partial charge in [0, 0.05) is 25.6 Å². The number of carbonyl (C=O) groups excluding carboxylic acids is 1. The molecule has 3 aromatic rings. The molecule has 1 N–H and O–H groups in total. The van der Waals surface area contributed by atoms with E-state index in [9.17, 15) is 4.79 Å². The Morgan fingerprint density at radius 1 is 1.18 bits per heavy atom. The van der Waals surface area contributed by atoms with Crippen molar-refractivity contribution < 1.29 is 14.1 Å². The number of carbonyl (C=O) groups is 1. The van der Waals surface area contributed by atoms with E-state index in [1.54, 1.807) is 11.9 Å². The van der Waals surface area contributed by atoms with E-state index in [1.165, 1.54) is 5.56 Å². The van der Waals surface area contributed by atoms with E-state index >= 15 is 0 Å². The number of hydrogen-bond acceptors (Lipinski definition) is 5. The first-order valence-electron chi connectivity index (χ1n) is 9.20. The molecule has 28 heavy (non-hydrogen) atoms. The van der Waals surface area contributed by atoms with Gasteiger partial charge in [0.2, 0.25) is 0 Å². The molecule has 0 fully saturated rings. The molecule has 7 nitrogen and oxygen atoms in total. The summed E-state index contributed by atoms with van der Waals surface area (Å²) >= 11 is 0. The van der Waals surface area contributed by atoms with Crippen LogP contribution in [0.4, 0.5) is 10.5 Å². The summed E-state index contributed by atoms with van der Waals surface area (Å²) in [5.74, 6) is 1.69. The van der Waals surface area contributed by atoms with Gasteiger partial charge in [-0.15, -0.1) is 0 Å². The average molecular weight is 380 g/mol. The number of anilines is 1. The second-order valence-corrected chi connectivity index (χ2v) is 6.41. The van der Waals surface area contributed by atoms with Gasteiger partial charge in [0.05, 0.1) is 12.3 Å². The number of aromatic nitrogens is 2. The van der Waals surface area contributed by atoms with Crippen molar-refractivity contribution in [2.45, 2.75) is 20.3 Å². The van der Waals surface area contributed by atoms with Crippen molar-refractivity contribution in [3.05, 3.63) is 59.9 Å². The highest BCUT2D eigenvalue weighted by atomic mass is 16.5. The molecule has 0 aliphatic carbocycles. The third-order valence-electron chi connectivity index (χ3n) is 4.21. The minimum atomic E-state index is -0.227. The second kappa shape index (κ2) is 9.03. The number of para-hydroxylation sites is 2. The van der Waals surface area contributed by atoms with Gasteiger partial charge < -0.3 is 19.5 Å². The fraction of sp³-hybridized carbons (Fsp3) is 0.286. The van der Waals surface area contributed by atoms with Crippen molar-refractivity contribution in [1.29, 1.82) is 0 Å². The molecular formula is C21H24N4O3. The van der Waals surface area contributed by atoms with Gasteiger partial charge in [-0.3, -0.25) is 0 Å². The first-order chi connectivity index (χ1) is 13.6. The quantitative estimate of drug-likeness (QED) is 0.666. The first kappa shape index (κ1) is 19.4. The molecule has 0 bridgehead atoms. The third kappa shape index (κ3) is 4.88. The van der Waals surface area contributed by atoms with Crippen LogP contribution >= 0.6 is 0 Å². The van der Waals surface area contributed by atoms with Gasteiger partial charge in [-0.25, -0.2) is 4.79 Å². The number of aryl methyl sites for hydroxylation is 1. The van der Waals surface area contributed by atoms with Gasteiger partial charge in [0.1, 0.15) is 5.75 Å². The number of likely N-dealkylation sites (N-methyl/N-ethyl adjacent to an activating group) is 1. The number of benzene rings is 2. The van der Waals surface area contributed by atoms with Crippen molar-refractivity contribution in [2.24, 2.45) is 0 Å². The van der Waals surface area contributed by atoms with Gasteiger partial charge in [0.15, 0.2) is 5.82 Å². The molecule has 0 atom stereocenters. The zero-order valence-electron chi connectivity index (χ0n) is 16.3. The van der Waals surface area contributed by atoms with Crippen LogP contribution in [-0.2, 0) is 6.42 Å². The zero-order valence-corrected chi connectivity index (χ0v) is 16.3. The standard InChI is InChI=1S/C21H24N4O3/c1-4-27-18-8-6-5-7-17(18)22-21(26)25(3)14-13-19-23-20(28-24-19)16-11-9-15(2)10-12-16/h5-12H,4,13-14H2,1-3H3,(H,22,26). The van der Waals surface area contributed by atoms with E-state index in [4.69, 9.17) is 9.26 Å². The second-order valence-electron chi connectivity index (χ2n) is 6.41. The van der Waals surface area contributed by atoms with Crippen LogP contribution in [0.3, 0.4) is 0 Å². The SMILES string of the molecule is CCOc1ccccc1NC(=O)N(C)CCc1noc(-c2ccc(C)cc2)n1. The number of rotatable bonds is 7. The normalized spacial score (nSPS) is 10.5. The molecule has 0 radical (unpaired) electrons. The summed E-state index contributed by atoms with van der Waals surface area (Å²) < 4.78 is 10.9. The maximum Gasteiger partial charge on any atom is 0.321 e. The lowest BCUT2D eigenvalue weighted by molar-refractivity contribution is 0.222. The summed E-state index contributed by atoms with van der Waals surface area (Å²) in [6.07, 6.45) is 0.492. The van der Waals surface area contributed by atoms with E-state index in [0.29, 0.717) is 42.7 Å². The highest BCUT2D eigenvalue weighted by Crippen LogP contribution is 2.24. The van der Waals surface area contributed by atoms with Crippen molar-refractivity contribution in [3.63, 3.8) is 0 Å². The smallest absolute Gasteiger partial charge is 0.321 e. The molecule has 0 aliphatic rings. The Morgan fingerprint density at radius 3 is 2.68 bits per heavy atom. The van der Waals surface area contributed by atoms with Crippen LogP contribution in [0.15, 0.2) is 53.1 Å². The molecule has 0 aliphatic heterocycles. The average Bonchev–Trinajstić information content (AvgIpc) is 3.17. The molecule has 0 saturated carbocycles. The maximum absolute atomic E-state index is 12.4. The van der Waals surface area contributed by atoms with Gasteiger partial charge in [-0.2, -0.15) is 4.98 Å². The lowest BCUT2D eigenvalue weighted by atomic mass is 10.1. The van der Waals surface area contributed by atoms with Crippen LogP contribution in [0.1, 0.15) is 18.3 Å². The Balaban J connectivity index is 1.56. The van der Waals surface area contributed by atoms with Crippen LogP contribution in [0.5, 0.6) is 5.75 Å². The lowest BCUT2D eigenvalue weighted by Gasteiger charge is -2.18. The van der Waals surface area contributed by atoms with E-state index in [0.717, 1.165) is 5.56 Å². The molecule has 0 saturated heterocycles. The van der Waals surface area contributed by atoms with Crippen molar-refractivity contribution in [2.75, 3.05) is 25.5 Å². The topological polar surface area (TPSA) is 80.5 Å². The molecule has 0 spiro atoms. The Kier molecular flexibility index (Phi) is 6.26. The van der Waals surface area contributed by atoms with E-state index in [1.807, 2.05) is 62.4 Å². The number of nitrogens with one attached hydrogen (secondary N) is 1. The van der Waals surface area contributed by atoms with Gasteiger partial charge in [-0.05, 0) is 38.1 Å². The summed E-state index contributed by atoms with van der Waals surface area (Å²) in [4.78, 5) is 18.4. The largest absolute Gasteiger partial charge is 0.492 e. The molecule has 2 aromatic carbocycles. The monoisotopic (exact) mass is 380 g/mol. The highest BCUT2D eigenvalue weighted by molar-refractivity contribution is 5.90. The van der Waals surface area contributed by atoms with Crippen LogP contribution in [0.25, 0.3) is 11.5 Å². The third-order valence-corrected chi connectivity index (χ3v) is 4.21. The fourth-order valence-corrected chi connectivity index (χ4v) is 2.60.